The Bertz CT molecular complexity index is 426. The van der Waals surface area contributed by atoms with Gasteiger partial charge in [0.25, 0.3) is 5.91 Å². The monoisotopic (exact) mass is 295 g/mol. The van der Waals surface area contributed by atoms with Crippen LogP contribution in [0.5, 0.6) is 0 Å². The van der Waals surface area contributed by atoms with Crippen LogP contribution in [0.1, 0.15) is 35.7 Å². The van der Waals surface area contributed by atoms with Gasteiger partial charge in [0.2, 0.25) is 0 Å². The van der Waals surface area contributed by atoms with E-state index in [9.17, 15) is 4.79 Å². The van der Waals surface area contributed by atoms with Gasteiger partial charge in [-0.15, -0.1) is 0 Å². The molecule has 0 radical (unpaired) electrons. The zero-order valence-electron chi connectivity index (χ0n) is 10.4. The number of hydrogen-bond acceptors (Lipinski definition) is 1. The maximum Gasteiger partial charge on any atom is 0.254 e. The zero-order valence-corrected chi connectivity index (χ0v) is 12.0. The minimum atomic E-state index is 0.165. The molecule has 92 valence electrons. The van der Waals surface area contributed by atoms with Gasteiger partial charge < -0.3 is 4.90 Å². The third-order valence-corrected chi connectivity index (χ3v) is 4.20. The molecule has 1 aliphatic carbocycles. The molecule has 0 heterocycles. The molecule has 1 fully saturated rings. The number of carbonyl (C=O) groups is 1. The Balaban J connectivity index is 2.18. The quantitative estimate of drug-likeness (QED) is 0.831. The van der Waals surface area contributed by atoms with Crippen molar-refractivity contribution in [2.45, 2.75) is 26.7 Å². The molecule has 1 aliphatic rings. The largest absolute Gasteiger partial charge is 0.339 e. The minimum Gasteiger partial charge on any atom is -0.339 e. The van der Waals surface area contributed by atoms with Crippen LogP contribution in [-0.2, 0) is 0 Å². The molecule has 1 amide bonds. The predicted octanol–water partition coefficient (Wildman–Crippen LogP) is 3.63. The first-order valence-electron chi connectivity index (χ1n) is 6.18. The lowest BCUT2D eigenvalue weighted by Crippen LogP contribution is -2.33. The van der Waals surface area contributed by atoms with Gasteiger partial charge in [-0.25, -0.2) is 0 Å². The summed E-state index contributed by atoms with van der Waals surface area (Å²) in [7, 11) is 0. The second-order valence-corrected chi connectivity index (χ2v) is 5.55. The lowest BCUT2D eigenvalue weighted by atomic mass is 10.1. The molecule has 0 atom stereocenters. The first-order chi connectivity index (χ1) is 8.13. The van der Waals surface area contributed by atoms with Gasteiger partial charge in [-0.05, 0) is 50.3 Å². The summed E-state index contributed by atoms with van der Waals surface area (Å²) in [5.74, 6) is 0.907. The van der Waals surface area contributed by atoms with Crippen LogP contribution in [0.2, 0.25) is 0 Å². The van der Waals surface area contributed by atoms with Crippen molar-refractivity contribution in [3.63, 3.8) is 0 Å². The summed E-state index contributed by atoms with van der Waals surface area (Å²) in [6.07, 6.45) is 2.56. The van der Waals surface area contributed by atoms with E-state index in [1.807, 2.05) is 36.9 Å². The van der Waals surface area contributed by atoms with Crippen molar-refractivity contribution >= 4 is 21.8 Å². The Morgan fingerprint density at radius 3 is 2.76 bits per heavy atom. The van der Waals surface area contributed by atoms with Gasteiger partial charge in [0.1, 0.15) is 0 Å². The van der Waals surface area contributed by atoms with E-state index in [1.54, 1.807) is 0 Å². The summed E-state index contributed by atoms with van der Waals surface area (Å²) >= 11 is 3.48. The van der Waals surface area contributed by atoms with E-state index >= 15 is 0 Å². The Kier molecular flexibility index (Phi) is 3.87. The van der Waals surface area contributed by atoms with Crippen molar-refractivity contribution in [1.29, 1.82) is 0 Å². The van der Waals surface area contributed by atoms with E-state index in [1.165, 1.54) is 12.8 Å². The first kappa shape index (κ1) is 12.6. The second-order valence-electron chi connectivity index (χ2n) is 4.70. The summed E-state index contributed by atoms with van der Waals surface area (Å²) < 4.78 is 1.01. The molecule has 0 aliphatic heterocycles. The molecule has 2 nitrogen and oxygen atoms in total. The van der Waals surface area contributed by atoms with Crippen molar-refractivity contribution in [2.24, 2.45) is 5.92 Å². The molecule has 0 unspecified atom stereocenters. The molecule has 0 aromatic heterocycles. The lowest BCUT2D eigenvalue weighted by molar-refractivity contribution is 0.0756. The normalized spacial score (nSPS) is 14.8. The topological polar surface area (TPSA) is 20.3 Å². The molecule has 1 aromatic carbocycles. The number of amides is 1. The summed E-state index contributed by atoms with van der Waals surface area (Å²) in [5, 5.41) is 0. The Labute approximate surface area is 111 Å². The maximum absolute atomic E-state index is 12.4. The summed E-state index contributed by atoms with van der Waals surface area (Å²) in [4.78, 5) is 14.4. The highest BCUT2D eigenvalue weighted by Crippen LogP contribution is 2.30. The van der Waals surface area contributed by atoms with E-state index in [2.05, 4.69) is 15.9 Å². The first-order valence-corrected chi connectivity index (χ1v) is 6.97. The fraction of sp³-hybridized carbons (Fsp3) is 0.500. The van der Waals surface area contributed by atoms with E-state index in [-0.39, 0.29) is 5.91 Å². The van der Waals surface area contributed by atoms with Crippen LogP contribution in [0, 0.1) is 12.8 Å². The number of halogens is 1. The third-order valence-electron chi connectivity index (χ3n) is 3.34. The fourth-order valence-electron chi connectivity index (χ4n) is 1.98. The third kappa shape index (κ3) is 2.89. The number of rotatable bonds is 4. The minimum absolute atomic E-state index is 0.165. The van der Waals surface area contributed by atoms with Gasteiger partial charge in [-0.1, -0.05) is 22.0 Å². The van der Waals surface area contributed by atoms with Crippen molar-refractivity contribution < 1.29 is 4.79 Å². The molecular formula is C14H18BrNO. The molecule has 0 spiro atoms. The molecule has 1 saturated carbocycles. The van der Waals surface area contributed by atoms with Crippen LogP contribution in [0.3, 0.4) is 0 Å². The van der Waals surface area contributed by atoms with Gasteiger partial charge in [0.15, 0.2) is 0 Å². The SMILES string of the molecule is CCN(CC1CC1)C(=O)c1cccc(Br)c1C. The molecule has 3 heteroatoms. The van der Waals surface area contributed by atoms with Crippen LogP contribution < -0.4 is 0 Å². The van der Waals surface area contributed by atoms with E-state index < -0.39 is 0 Å². The highest BCUT2D eigenvalue weighted by Gasteiger charge is 2.27. The molecule has 0 bridgehead atoms. The number of benzene rings is 1. The Hall–Kier alpha value is -0.830. The average molecular weight is 296 g/mol. The van der Waals surface area contributed by atoms with Crippen LogP contribution in [0.4, 0.5) is 0 Å². The zero-order chi connectivity index (χ0) is 12.4. The molecule has 0 saturated heterocycles. The Morgan fingerprint density at radius 1 is 1.47 bits per heavy atom. The van der Waals surface area contributed by atoms with Crippen LogP contribution in [0.15, 0.2) is 22.7 Å². The standard InChI is InChI=1S/C14H18BrNO/c1-3-16(9-11-7-8-11)14(17)12-5-4-6-13(15)10(12)2/h4-6,11H,3,7-9H2,1-2H3. The summed E-state index contributed by atoms with van der Waals surface area (Å²) in [6, 6.07) is 5.82. The molecular weight excluding hydrogens is 278 g/mol. The summed E-state index contributed by atoms with van der Waals surface area (Å²) in [6.45, 7) is 5.75. The Morgan fingerprint density at radius 2 is 2.18 bits per heavy atom. The van der Waals surface area contributed by atoms with Gasteiger partial charge in [0, 0.05) is 23.1 Å². The van der Waals surface area contributed by atoms with E-state index in [0.717, 1.165) is 34.6 Å². The molecule has 1 aromatic rings. The van der Waals surface area contributed by atoms with Crippen molar-refractivity contribution in [3.8, 4) is 0 Å². The van der Waals surface area contributed by atoms with Gasteiger partial charge >= 0.3 is 0 Å². The number of nitrogens with zero attached hydrogens (tertiary/aromatic N) is 1. The average Bonchev–Trinajstić information content (AvgIpc) is 3.13. The summed E-state index contributed by atoms with van der Waals surface area (Å²) in [5.41, 5.74) is 1.86. The highest BCUT2D eigenvalue weighted by molar-refractivity contribution is 9.10. The van der Waals surface area contributed by atoms with Crippen LogP contribution in [0.25, 0.3) is 0 Å². The highest BCUT2D eigenvalue weighted by atomic mass is 79.9. The van der Waals surface area contributed by atoms with E-state index in [0.29, 0.717) is 0 Å². The lowest BCUT2D eigenvalue weighted by Gasteiger charge is -2.22. The van der Waals surface area contributed by atoms with Crippen LogP contribution in [-0.4, -0.2) is 23.9 Å². The van der Waals surface area contributed by atoms with Gasteiger partial charge in [-0.2, -0.15) is 0 Å². The fourth-order valence-corrected chi connectivity index (χ4v) is 2.34. The van der Waals surface area contributed by atoms with Crippen molar-refractivity contribution in [3.05, 3.63) is 33.8 Å². The van der Waals surface area contributed by atoms with Crippen LogP contribution >= 0.6 is 15.9 Å². The number of carbonyl (C=O) groups excluding carboxylic acids is 1. The van der Waals surface area contributed by atoms with E-state index in [4.69, 9.17) is 0 Å². The molecule has 0 N–H and O–H groups in total. The molecule has 17 heavy (non-hydrogen) atoms. The predicted molar refractivity (Wildman–Crippen MR) is 73.2 cm³/mol. The smallest absolute Gasteiger partial charge is 0.254 e. The van der Waals surface area contributed by atoms with Crippen molar-refractivity contribution in [2.75, 3.05) is 13.1 Å². The maximum atomic E-state index is 12.4. The molecule has 2 rings (SSSR count). The van der Waals surface area contributed by atoms with Crippen molar-refractivity contribution in [1.82, 2.24) is 4.90 Å². The second kappa shape index (κ2) is 5.21. The van der Waals surface area contributed by atoms with Gasteiger partial charge in [-0.3, -0.25) is 4.79 Å². The van der Waals surface area contributed by atoms with Gasteiger partial charge in [0.05, 0.1) is 0 Å². The number of hydrogen-bond donors (Lipinski definition) is 0.